The number of aromatic carboxylic acids is 1. The van der Waals surface area contributed by atoms with Crippen molar-refractivity contribution in [2.75, 3.05) is 0 Å². The highest BCUT2D eigenvalue weighted by Gasteiger charge is 2.29. The molecule has 0 atom stereocenters. The van der Waals surface area contributed by atoms with Crippen molar-refractivity contribution >= 4 is 28.6 Å². The zero-order chi connectivity index (χ0) is 17.7. The fraction of sp³-hybridized carbons (Fsp3) is 0.318. The van der Waals surface area contributed by atoms with Crippen LogP contribution in [0.3, 0.4) is 0 Å². The van der Waals surface area contributed by atoms with Crippen LogP contribution in [0.25, 0.3) is 22.2 Å². The van der Waals surface area contributed by atoms with Crippen molar-refractivity contribution in [3.8, 4) is 11.3 Å². The number of hydrogen-bond donors (Lipinski definition) is 1. The number of rotatable bonds is 2. The third-order valence-electron chi connectivity index (χ3n) is 5.86. The smallest absolute Gasteiger partial charge is 0.335 e. The summed E-state index contributed by atoms with van der Waals surface area (Å²) in [5.41, 5.74) is 5.52. The van der Waals surface area contributed by atoms with Crippen LogP contribution in [0.1, 0.15) is 53.9 Å². The Balaban J connectivity index is 1.82. The maximum Gasteiger partial charge on any atom is 0.335 e. The molecule has 3 nitrogen and oxygen atoms in total. The molecule has 0 bridgehead atoms. The summed E-state index contributed by atoms with van der Waals surface area (Å²) in [6.45, 7) is 0. The molecule has 0 unspecified atom stereocenters. The summed E-state index contributed by atoms with van der Waals surface area (Å²) in [4.78, 5) is 12.8. The predicted molar refractivity (Wildman–Crippen MR) is 106 cm³/mol. The Kier molecular flexibility index (Phi) is 3.82. The highest BCUT2D eigenvalue weighted by Crippen LogP contribution is 2.49. The number of thioether (sulfide) groups is 1. The van der Waals surface area contributed by atoms with Gasteiger partial charge in [0.1, 0.15) is 0 Å². The average Bonchev–Trinajstić information content (AvgIpc) is 3.02. The highest BCUT2D eigenvalue weighted by atomic mass is 32.2. The Morgan fingerprint density at radius 3 is 2.69 bits per heavy atom. The van der Waals surface area contributed by atoms with E-state index >= 15 is 0 Å². The van der Waals surface area contributed by atoms with Crippen molar-refractivity contribution in [2.24, 2.45) is 0 Å². The third-order valence-corrected chi connectivity index (χ3v) is 6.91. The number of fused-ring (bicyclic) bond motifs is 5. The van der Waals surface area contributed by atoms with Crippen molar-refractivity contribution < 1.29 is 9.90 Å². The summed E-state index contributed by atoms with van der Waals surface area (Å²) in [7, 11) is 0. The maximum atomic E-state index is 11.5. The molecule has 1 aromatic heterocycles. The molecule has 3 aromatic rings. The van der Waals surface area contributed by atoms with Crippen LogP contribution >= 0.6 is 11.8 Å². The molecule has 1 aliphatic carbocycles. The molecule has 1 saturated carbocycles. The van der Waals surface area contributed by atoms with Gasteiger partial charge in [0.25, 0.3) is 0 Å². The van der Waals surface area contributed by atoms with Crippen LogP contribution in [-0.2, 0) is 5.88 Å². The van der Waals surface area contributed by atoms with E-state index in [1.807, 2.05) is 23.9 Å². The Bertz CT molecular complexity index is 1010. The molecule has 0 amide bonds. The zero-order valence-corrected chi connectivity index (χ0v) is 15.4. The van der Waals surface area contributed by atoms with E-state index in [0.29, 0.717) is 11.5 Å². The number of carboxylic acids is 1. The number of benzene rings is 2. The first-order valence-corrected chi connectivity index (χ1v) is 10.3. The summed E-state index contributed by atoms with van der Waals surface area (Å²) in [6, 6.07) is 14.3. The van der Waals surface area contributed by atoms with Gasteiger partial charge in [0.05, 0.1) is 22.7 Å². The summed E-state index contributed by atoms with van der Waals surface area (Å²) >= 11 is 1.84. The van der Waals surface area contributed by atoms with E-state index in [4.69, 9.17) is 0 Å². The lowest BCUT2D eigenvalue weighted by Crippen LogP contribution is -2.09. The van der Waals surface area contributed by atoms with Crippen LogP contribution < -0.4 is 0 Å². The van der Waals surface area contributed by atoms with E-state index in [9.17, 15) is 9.90 Å². The molecule has 132 valence electrons. The molecule has 0 spiro atoms. The minimum atomic E-state index is -0.856. The number of aromatic nitrogens is 1. The molecule has 2 aliphatic rings. The van der Waals surface area contributed by atoms with Crippen LogP contribution in [0.15, 0.2) is 47.4 Å². The van der Waals surface area contributed by atoms with Crippen molar-refractivity contribution in [3.05, 3.63) is 53.6 Å². The van der Waals surface area contributed by atoms with Gasteiger partial charge >= 0.3 is 5.97 Å². The van der Waals surface area contributed by atoms with Gasteiger partial charge in [0.2, 0.25) is 0 Å². The van der Waals surface area contributed by atoms with E-state index in [1.165, 1.54) is 59.2 Å². The second kappa shape index (κ2) is 6.20. The van der Waals surface area contributed by atoms with E-state index in [1.54, 1.807) is 6.07 Å². The van der Waals surface area contributed by atoms with Gasteiger partial charge in [-0.05, 0) is 42.5 Å². The van der Waals surface area contributed by atoms with E-state index in [0.717, 1.165) is 11.4 Å². The molecule has 26 heavy (non-hydrogen) atoms. The number of carbonyl (C=O) groups is 1. The molecule has 0 saturated heterocycles. The van der Waals surface area contributed by atoms with Gasteiger partial charge < -0.3 is 9.67 Å². The largest absolute Gasteiger partial charge is 0.478 e. The monoisotopic (exact) mass is 363 g/mol. The van der Waals surface area contributed by atoms with Gasteiger partial charge in [-0.1, -0.05) is 43.5 Å². The summed E-state index contributed by atoms with van der Waals surface area (Å²) in [5.74, 6) is 0.568. The Morgan fingerprint density at radius 2 is 1.88 bits per heavy atom. The fourth-order valence-electron chi connectivity index (χ4n) is 4.66. The van der Waals surface area contributed by atoms with Crippen LogP contribution in [0.4, 0.5) is 0 Å². The Morgan fingerprint density at radius 1 is 1.08 bits per heavy atom. The molecule has 1 aliphatic heterocycles. The molecular formula is C22H21NO2S. The van der Waals surface area contributed by atoms with Gasteiger partial charge in [-0.25, -0.2) is 4.79 Å². The summed E-state index contributed by atoms with van der Waals surface area (Å²) < 4.78 is 2.35. The number of hydrogen-bond acceptors (Lipinski definition) is 2. The Hall–Kier alpha value is -2.20. The molecule has 0 radical (unpaired) electrons. The summed E-state index contributed by atoms with van der Waals surface area (Å²) in [5, 5.41) is 10.7. The van der Waals surface area contributed by atoms with E-state index in [-0.39, 0.29) is 0 Å². The maximum absolute atomic E-state index is 11.5. The lowest BCUT2D eigenvalue weighted by molar-refractivity contribution is 0.0697. The van der Waals surface area contributed by atoms with E-state index in [2.05, 4.69) is 28.8 Å². The number of nitrogens with zero attached hydrogens (tertiary/aromatic N) is 1. The van der Waals surface area contributed by atoms with Crippen molar-refractivity contribution in [1.82, 2.24) is 4.57 Å². The molecule has 1 N–H and O–H groups in total. The van der Waals surface area contributed by atoms with Crippen molar-refractivity contribution in [3.63, 3.8) is 0 Å². The lowest BCUT2D eigenvalue weighted by atomic mass is 9.81. The molecule has 4 heteroatoms. The molecular weight excluding hydrogens is 342 g/mol. The molecule has 2 heterocycles. The van der Waals surface area contributed by atoms with Gasteiger partial charge in [-0.2, -0.15) is 0 Å². The number of carboxylic acid groups (broad SMARTS) is 1. The molecule has 2 aromatic carbocycles. The minimum Gasteiger partial charge on any atom is -0.478 e. The van der Waals surface area contributed by atoms with Crippen LogP contribution in [0.2, 0.25) is 0 Å². The van der Waals surface area contributed by atoms with Gasteiger partial charge in [-0.15, -0.1) is 11.8 Å². The first kappa shape index (κ1) is 16.0. The Labute approximate surface area is 157 Å². The third kappa shape index (κ3) is 2.39. The second-order valence-electron chi connectivity index (χ2n) is 7.33. The van der Waals surface area contributed by atoms with Crippen molar-refractivity contribution in [1.29, 1.82) is 0 Å². The minimum absolute atomic E-state index is 0.372. The normalized spacial score (nSPS) is 17.1. The molecule has 5 rings (SSSR count). The average molecular weight is 363 g/mol. The van der Waals surface area contributed by atoms with Gasteiger partial charge in [0, 0.05) is 15.8 Å². The van der Waals surface area contributed by atoms with Crippen LogP contribution in [0.5, 0.6) is 0 Å². The second-order valence-corrected chi connectivity index (χ2v) is 8.32. The van der Waals surface area contributed by atoms with Gasteiger partial charge in [-0.3, -0.25) is 0 Å². The first-order chi connectivity index (χ1) is 12.7. The van der Waals surface area contributed by atoms with E-state index < -0.39 is 5.97 Å². The standard InChI is InChI=1S/C22H21NO2S/c24-22(25)15-10-11-16-18(12-15)23-13-26-19-9-5-4-8-17(19)21(23)20(16)14-6-2-1-3-7-14/h4-5,8-12,14H,1-3,6-7,13H2,(H,24,25). The van der Waals surface area contributed by atoms with Gasteiger partial charge in [0.15, 0.2) is 0 Å². The quantitative estimate of drug-likeness (QED) is 0.596. The predicted octanol–water partition coefficient (Wildman–Crippen LogP) is 6.12. The zero-order valence-electron chi connectivity index (χ0n) is 14.6. The molecule has 1 fully saturated rings. The topological polar surface area (TPSA) is 42.2 Å². The van der Waals surface area contributed by atoms with Crippen LogP contribution in [0, 0.1) is 0 Å². The fourth-order valence-corrected chi connectivity index (χ4v) is 5.69. The summed E-state index contributed by atoms with van der Waals surface area (Å²) in [6.07, 6.45) is 6.39. The first-order valence-electron chi connectivity index (χ1n) is 9.35. The van der Waals surface area contributed by atoms with Crippen LogP contribution in [-0.4, -0.2) is 15.6 Å². The lowest BCUT2D eigenvalue weighted by Gasteiger charge is -2.26. The highest BCUT2D eigenvalue weighted by molar-refractivity contribution is 7.98. The SMILES string of the molecule is O=C(O)c1ccc2c(C3CCCCC3)c3n(c2c1)CSc1ccccc1-3. The van der Waals surface area contributed by atoms with Crippen molar-refractivity contribution in [2.45, 2.75) is 48.8 Å².